The highest BCUT2D eigenvalue weighted by Crippen LogP contribution is 2.39. The quantitative estimate of drug-likeness (QED) is 0.772. The van der Waals surface area contributed by atoms with E-state index >= 15 is 0 Å². The Morgan fingerprint density at radius 3 is 1.75 bits per heavy atom. The molecule has 1 heterocycles. The SMILES string of the molecule is Cc1c(-c2ccccc2)c(-c2ccccc2)c(C(C)(C)O)oc1=O. The second-order valence-electron chi connectivity index (χ2n) is 6.38. The zero-order valence-corrected chi connectivity index (χ0v) is 14.0. The lowest BCUT2D eigenvalue weighted by Crippen LogP contribution is -2.21. The molecule has 0 aliphatic rings. The van der Waals surface area contributed by atoms with Gasteiger partial charge in [0.15, 0.2) is 0 Å². The molecule has 1 N–H and O–H groups in total. The van der Waals surface area contributed by atoms with Crippen LogP contribution in [0.15, 0.2) is 69.9 Å². The van der Waals surface area contributed by atoms with E-state index in [1.807, 2.05) is 60.7 Å². The van der Waals surface area contributed by atoms with Crippen molar-refractivity contribution in [2.24, 2.45) is 0 Å². The Morgan fingerprint density at radius 2 is 1.29 bits per heavy atom. The molecule has 1 aromatic heterocycles. The predicted octanol–water partition coefficient (Wildman–Crippen LogP) is 4.51. The standard InChI is InChI=1S/C21H20O3/c1-14-17(15-10-6-4-7-11-15)18(16-12-8-5-9-13-16)19(21(2,3)23)24-20(14)22/h4-13,23H,1-3H3. The smallest absolute Gasteiger partial charge is 0.339 e. The number of rotatable bonds is 3. The van der Waals surface area contributed by atoms with Crippen LogP contribution in [0.1, 0.15) is 25.2 Å². The van der Waals surface area contributed by atoms with E-state index in [4.69, 9.17) is 4.42 Å². The molecule has 0 atom stereocenters. The Balaban J connectivity index is 2.48. The average Bonchev–Trinajstić information content (AvgIpc) is 2.57. The van der Waals surface area contributed by atoms with Crippen LogP contribution in [0.5, 0.6) is 0 Å². The lowest BCUT2D eigenvalue weighted by Gasteiger charge is -2.23. The Labute approximate surface area is 141 Å². The monoisotopic (exact) mass is 320 g/mol. The zero-order chi connectivity index (χ0) is 17.3. The largest absolute Gasteiger partial charge is 0.424 e. The summed E-state index contributed by atoms with van der Waals surface area (Å²) >= 11 is 0. The van der Waals surface area contributed by atoms with Gasteiger partial charge in [0, 0.05) is 16.7 Å². The highest BCUT2D eigenvalue weighted by molar-refractivity contribution is 5.86. The molecule has 0 fully saturated rings. The van der Waals surface area contributed by atoms with Crippen LogP contribution in [0, 0.1) is 6.92 Å². The van der Waals surface area contributed by atoms with E-state index in [2.05, 4.69) is 0 Å². The molecule has 0 bridgehead atoms. The molecule has 2 aromatic carbocycles. The average molecular weight is 320 g/mol. The zero-order valence-electron chi connectivity index (χ0n) is 14.0. The molecule has 3 nitrogen and oxygen atoms in total. The summed E-state index contributed by atoms with van der Waals surface area (Å²) in [6, 6.07) is 19.4. The summed E-state index contributed by atoms with van der Waals surface area (Å²) in [5.41, 5.74) is 2.22. The molecule has 0 aliphatic heterocycles. The molecular formula is C21H20O3. The number of aliphatic hydroxyl groups is 1. The minimum Gasteiger partial charge on any atom is -0.424 e. The first-order valence-corrected chi connectivity index (χ1v) is 7.91. The molecule has 3 rings (SSSR count). The maximum Gasteiger partial charge on any atom is 0.339 e. The van der Waals surface area contributed by atoms with Crippen molar-refractivity contribution in [3.05, 3.63) is 82.4 Å². The van der Waals surface area contributed by atoms with Gasteiger partial charge in [-0.2, -0.15) is 0 Å². The Bertz CT molecular complexity index is 902. The molecule has 0 amide bonds. The molecule has 122 valence electrons. The van der Waals surface area contributed by atoms with Gasteiger partial charge < -0.3 is 9.52 Å². The molecule has 24 heavy (non-hydrogen) atoms. The second kappa shape index (κ2) is 6.10. The first-order chi connectivity index (χ1) is 11.4. The van der Waals surface area contributed by atoms with E-state index < -0.39 is 11.2 Å². The normalized spacial score (nSPS) is 11.5. The van der Waals surface area contributed by atoms with Crippen molar-refractivity contribution in [3.63, 3.8) is 0 Å². The van der Waals surface area contributed by atoms with E-state index in [1.165, 1.54) is 0 Å². The summed E-state index contributed by atoms with van der Waals surface area (Å²) in [6.07, 6.45) is 0. The third-order valence-corrected chi connectivity index (χ3v) is 4.03. The summed E-state index contributed by atoms with van der Waals surface area (Å²) < 4.78 is 5.51. The second-order valence-corrected chi connectivity index (χ2v) is 6.38. The van der Waals surface area contributed by atoms with Gasteiger partial charge in [0.05, 0.1) is 0 Å². The molecule has 0 aliphatic carbocycles. The molecule has 0 saturated carbocycles. The number of hydrogen-bond acceptors (Lipinski definition) is 3. The Morgan fingerprint density at radius 1 is 0.833 bits per heavy atom. The van der Waals surface area contributed by atoms with Gasteiger partial charge in [-0.15, -0.1) is 0 Å². The summed E-state index contributed by atoms with van der Waals surface area (Å²) in [6.45, 7) is 5.01. The van der Waals surface area contributed by atoms with Gasteiger partial charge in [-0.1, -0.05) is 60.7 Å². The van der Waals surface area contributed by atoms with E-state index in [9.17, 15) is 9.90 Å². The van der Waals surface area contributed by atoms with Crippen molar-refractivity contribution in [2.75, 3.05) is 0 Å². The maximum atomic E-state index is 12.4. The van der Waals surface area contributed by atoms with Crippen molar-refractivity contribution < 1.29 is 9.52 Å². The fraction of sp³-hybridized carbons (Fsp3) is 0.190. The molecule has 3 aromatic rings. The van der Waals surface area contributed by atoms with Crippen LogP contribution < -0.4 is 5.63 Å². The fourth-order valence-corrected chi connectivity index (χ4v) is 2.90. The Kier molecular flexibility index (Phi) is 4.12. The van der Waals surface area contributed by atoms with E-state index in [1.54, 1.807) is 20.8 Å². The van der Waals surface area contributed by atoms with Crippen LogP contribution in [0.3, 0.4) is 0 Å². The Hall–Kier alpha value is -2.65. The van der Waals surface area contributed by atoms with Crippen LogP contribution in [-0.4, -0.2) is 5.11 Å². The molecular weight excluding hydrogens is 300 g/mol. The molecule has 3 heteroatoms. The first kappa shape index (κ1) is 16.2. The van der Waals surface area contributed by atoms with Crippen molar-refractivity contribution in [3.8, 4) is 22.3 Å². The van der Waals surface area contributed by atoms with Gasteiger partial charge in [0.2, 0.25) is 0 Å². The van der Waals surface area contributed by atoms with Crippen molar-refractivity contribution >= 4 is 0 Å². The highest BCUT2D eigenvalue weighted by atomic mass is 16.4. The third kappa shape index (κ3) is 2.91. The molecule has 0 saturated heterocycles. The summed E-state index contributed by atoms with van der Waals surface area (Å²) in [4.78, 5) is 12.4. The molecule has 0 spiro atoms. The van der Waals surface area contributed by atoms with Crippen LogP contribution in [0.2, 0.25) is 0 Å². The summed E-state index contributed by atoms with van der Waals surface area (Å²) in [5.74, 6) is 0.281. The van der Waals surface area contributed by atoms with Crippen LogP contribution in [-0.2, 0) is 5.60 Å². The highest BCUT2D eigenvalue weighted by Gasteiger charge is 2.29. The first-order valence-electron chi connectivity index (χ1n) is 7.91. The minimum absolute atomic E-state index is 0.281. The van der Waals surface area contributed by atoms with E-state index in [0.717, 1.165) is 22.3 Å². The van der Waals surface area contributed by atoms with Gasteiger partial charge in [-0.05, 0) is 31.9 Å². The van der Waals surface area contributed by atoms with Crippen molar-refractivity contribution in [1.29, 1.82) is 0 Å². The fourth-order valence-electron chi connectivity index (χ4n) is 2.90. The van der Waals surface area contributed by atoms with Gasteiger partial charge in [0.25, 0.3) is 0 Å². The summed E-state index contributed by atoms with van der Waals surface area (Å²) in [7, 11) is 0. The van der Waals surface area contributed by atoms with Gasteiger partial charge in [-0.3, -0.25) is 0 Å². The molecule has 0 radical (unpaired) electrons. The topological polar surface area (TPSA) is 50.4 Å². The van der Waals surface area contributed by atoms with Crippen molar-refractivity contribution in [2.45, 2.75) is 26.4 Å². The van der Waals surface area contributed by atoms with Crippen molar-refractivity contribution in [1.82, 2.24) is 0 Å². The van der Waals surface area contributed by atoms with E-state index in [-0.39, 0.29) is 5.76 Å². The summed E-state index contributed by atoms with van der Waals surface area (Å²) in [5, 5.41) is 10.6. The van der Waals surface area contributed by atoms with Crippen LogP contribution in [0.25, 0.3) is 22.3 Å². The lowest BCUT2D eigenvalue weighted by molar-refractivity contribution is 0.0515. The van der Waals surface area contributed by atoms with Crippen LogP contribution >= 0.6 is 0 Å². The van der Waals surface area contributed by atoms with Gasteiger partial charge >= 0.3 is 5.63 Å². The van der Waals surface area contributed by atoms with Gasteiger partial charge in [0.1, 0.15) is 11.4 Å². The third-order valence-electron chi connectivity index (χ3n) is 4.03. The predicted molar refractivity (Wildman–Crippen MR) is 95.8 cm³/mol. The lowest BCUT2D eigenvalue weighted by atomic mass is 9.87. The number of benzene rings is 2. The maximum absolute atomic E-state index is 12.4. The van der Waals surface area contributed by atoms with Crippen LogP contribution in [0.4, 0.5) is 0 Å². The minimum atomic E-state index is -1.28. The number of hydrogen-bond donors (Lipinski definition) is 1. The van der Waals surface area contributed by atoms with E-state index in [0.29, 0.717) is 5.56 Å². The molecule has 0 unspecified atom stereocenters. The van der Waals surface area contributed by atoms with Gasteiger partial charge in [-0.25, -0.2) is 4.79 Å².